The van der Waals surface area contributed by atoms with Crippen LogP contribution in [0.5, 0.6) is 0 Å². The molecule has 4 heteroatoms. The molecule has 0 radical (unpaired) electrons. The highest BCUT2D eigenvalue weighted by atomic mass is 15.0. The quantitative estimate of drug-likeness (QED) is 0.182. The maximum atomic E-state index is 9.36. The van der Waals surface area contributed by atoms with Gasteiger partial charge in [-0.3, -0.25) is 0 Å². The van der Waals surface area contributed by atoms with E-state index >= 15 is 0 Å². The zero-order valence-electron chi connectivity index (χ0n) is 28.2. The third kappa shape index (κ3) is 6.18. The number of rotatable bonds is 6. The van der Waals surface area contributed by atoms with Gasteiger partial charge in [0, 0.05) is 16.7 Å². The Bertz CT molecular complexity index is 2110. The molecule has 2 fully saturated rings. The lowest BCUT2D eigenvalue weighted by molar-refractivity contribution is 0.0780. The maximum Gasteiger partial charge on any atom is 0.164 e. The van der Waals surface area contributed by atoms with E-state index in [4.69, 9.17) is 15.0 Å². The lowest BCUT2D eigenvalue weighted by atomic mass is 9.54. The molecule has 2 unspecified atom stereocenters. The average Bonchev–Trinajstić information content (AvgIpc) is 3.14. The van der Waals surface area contributed by atoms with Crippen LogP contribution in [0.1, 0.15) is 57.1 Å². The highest BCUT2D eigenvalue weighted by Gasteiger charge is 2.45. The third-order valence-corrected chi connectivity index (χ3v) is 10.7. The Morgan fingerprint density at radius 3 is 1.61 bits per heavy atom. The minimum atomic E-state index is 0.280. The molecule has 2 saturated carbocycles. The molecule has 5 aromatic carbocycles. The summed E-state index contributed by atoms with van der Waals surface area (Å²) in [6.07, 6.45) is 6.63. The van der Waals surface area contributed by atoms with Gasteiger partial charge >= 0.3 is 0 Å². The van der Waals surface area contributed by atoms with Crippen molar-refractivity contribution >= 4 is 0 Å². The van der Waals surface area contributed by atoms with Crippen molar-refractivity contribution < 1.29 is 0 Å². The molecule has 2 bridgehead atoms. The van der Waals surface area contributed by atoms with Crippen LogP contribution < -0.4 is 0 Å². The Labute approximate surface area is 289 Å². The van der Waals surface area contributed by atoms with Crippen molar-refractivity contribution in [2.24, 2.45) is 17.8 Å². The van der Waals surface area contributed by atoms with Gasteiger partial charge in [-0.15, -0.1) is 0 Å². The number of benzene rings is 5. The van der Waals surface area contributed by atoms with Gasteiger partial charge < -0.3 is 0 Å². The van der Waals surface area contributed by atoms with Gasteiger partial charge in [-0.1, -0.05) is 123 Å². The molecule has 4 nitrogen and oxygen atoms in total. The van der Waals surface area contributed by atoms with Crippen LogP contribution in [0.25, 0.3) is 56.4 Å². The van der Waals surface area contributed by atoms with E-state index in [9.17, 15) is 5.26 Å². The van der Waals surface area contributed by atoms with E-state index in [0.717, 1.165) is 56.7 Å². The second kappa shape index (κ2) is 12.9. The van der Waals surface area contributed by atoms with E-state index in [1.54, 1.807) is 0 Å². The molecule has 8 rings (SSSR count). The van der Waals surface area contributed by atoms with Gasteiger partial charge in [-0.05, 0) is 101 Å². The fourth-order valence-electron chi connectivity index (χ4n) is 8.90. The van der Waals surface area contributed by atoms with Gasteiger partial charge in [-0.25, -0.2) is 15.0 Å². The monoisotopic (exact) mass is 636 g/mol. The Morgan fingerprint density at radius 2 is 1.02 bits per heavy atom. The normalized spacial score (nSPS) is 21.5. The second-order valence-electron chi connectivity index (χ2n) is 14.5. The van der Waals surface area contributed by atoms with E-state index in [-0.39, 0.29) is 5.41 Å². The molecular formula is C45H40N4. The fourth-order valence-corrected chi connectivity index (χ4v) is 8.90. The Kier molecular flexibility index (Phi) is 8.14. The van der Waals surface area contributed by atoms with Crippen LogP contribution in [0.2, 0.25) is 0 Å². The van der Waals surface area contributed by atoms with Crippen LogP contribution >= 0.6 is 0 Å². The number of hydrogen-bond acceptors (Lipinski definition) is 4. The van der Waals surface area contributed by atoms with Crippen molar-refractivity contribution in [1.29, 1.82) is 5.26 Å². The van der Waals surface area contributed by atoms with E-state index in [0.29, 0.717) is 23.0 Å². The highest BCUT2D eigenvalue weighted by Crippen LogP contribution is 2.54. The summed E-state index contributed by atoms with van der Waals surface area (Å²) in [4.78, 5) is 15.2. The van der Waals surface area contributed by atoms with E-state index in [1.165, 1.54) is 37.7 Å². The van der Waals surface area contributed by atoms with Crippen molar-refractivity contribution in [3.05, 3.63) is 139 Å². The van der Waals surface area contributed by atoms with Crippen LogP contribution in [0, 0.1) is 29.1 Å². The van der Waals surface area contributed by atoms with Gasteiger partial charge in [0.05, 0.1) is 11.6 Å². The number of hydrogen-bond donors (Lipinski definition) is 0. The summed E-state index contributed by atoms with van der Waals surface area (Å²) in [5.74, 6) is 4.36. The van der Waals surface area contributed by atoms with Crippen molar-refractivity contribution in [1.82, 2.24) is 15.0 Å². The largest absolute Gasteiger partial charge is 0.208 e. The topological polar surface area (TPSA) is 62.5 Å². The molecule has 2 aliphatic carbocycles. The molecular weight excluding hydrogens is 597 g/mol. The van der Waals surface area contributed by atoms with Gasteiger partial charge in [0.1, 0.15) is 0 Å². The SMILES string of the molecule is C[C@@H]1CC2C[C@H](C)CC(c3ccc(-c4nc(-c5ccccc5)nc(-c5ccc(-c6ccc(C#N)cc6)c(-c6ccccc6)c5)n4)cc3)(C2)C1. The van der Waals surface area contributed by atoms with Crippen LogP contribution in [0.15, 0.2) is 127 Å². The van der Waals surface area contributed by atoms with Crippen LogP contribution in [0.3, 0.4) is 0 Å². The van der Waals surface area contributed by atoms with Crippen LogP contribution in [-0.2, 0) is 5.41 Å². The molecule has 0 amide bonds. The number of nitrogens with zero attached hydrogens (tertiary/aromatic N) is 4. The first kappa shape index (κ1) is 30.9. The summed E-state index contributed by atoms with van der Waals surface area (Å²) < 4.78 is 0. The van der Waals surface area contributed by atoms with E-state index in [2.05, 4.69) is 98.8 Å². The molecule has 6 aromatic rings. The zero-order valence-corrected chi connectivity index (χ0v) is 28.2. The predicted molar refractivity (Wildman–Crippen MR) is 198 cm³/mol. The summed E-state index contributed by atoms with van der Waals surface area (Å²) in [5.41, 5.74) is 9.60. The highest BCUT2D eigenvalue weighted by molar-refractivity contribution is 5.86. The molecule has 0 aliphatic heterocycles. The van der Waals surface area contributed by atoms with Gasteiger partial charge in [0.25, 0.3) is 0 Å². The minimum Gasteiger partial charge on any atom is -0.208 e. The second-order valence-corrected chi connectivity index (χ2v) is 14.5. The summed E-state index contributed by atoms with van der Waals surface area (Å²) >= 11 is 0. The van der Waals surface area contributed by atoms with Crippen molar-refractivity contribution in [3.8, 4) is 62.5 Å². The van der Waals surface area contributed by atoms with Gasteiger partial charge in [0.2, 0.25) is 0 Å². The zero-order chi connectivity index (χ0) is 33.4. The fraction of sp³-hybridized carbons (Fsp3) is 0.244. The lowest BCUT2D eigenvalue weighted by Gasteiger charge is -2.50. The molecule has 0 spiro atoms. The van der Waals surface area contributed by atoms with Gasteiger partial charge in [-0.2, -0.15) is 5.26 Å². The number of fused-ring (bicyclic) bond motifs is 2. The Morgan fingerprint density at radius 1 is 0.531 bits per heavy atom. The third-order valence-electron chi connectivity index (χ3n) is 10.7. The van der Waals surface area contributed by atoms with Crippen molar-refractivity contribution in [2.75, 3.05) is 0 Å². The predicted octanol–water partition coefficient (Wildman–Crippen LogP) is 11.2. The number of aromatic nitrogens is 3. The minimum absolute atomic E-state index is 0.280. The first-order valence-electron chi connectivity index (χ1n) is 17.6. The molecule has 4 atom stereocenters. The summed E-state index contributed by atoms with van der Waals surface area (Å²) in [7, 11) is 0. The first-order valence-corrected chi connectivity index (χ1v) is 17.6. The molecule has 1 aromatic heterocycles. The van der Waals surface area contributed by atoms with Crippen LogP contribution in [-0.4, -0.2) is 15.0 Å². The molecule has 2 aliphatic rings. The van der Waals surface area contributed by atoms with Crippen LogP contribution in [0.4, 0.5) is 0 Å². The summed E-state index contributed by atoms with van der Waals surface area (Å²) in [6.45, 7) is 4.89. The van der Waals surface area contributed by atoms with E-state index in [1.807, 2.05) is 48.5 Å². The molecule has 0 saturated heterocycles. The van der Waals surface area contributed by atoms with Gasteiger partial charge in [0.15, 0.2) is 17.5 Å². The summed E-state index contributed by atoms with van der Waals surface area (Å²) in [6, 6.07) is 46.2. The van der Waals surface area contributed by atoms with Crippen molar-refractivity contribution in [2.45, 2.75) is 51.4 Å². The van der Waals surface area contributed by atoms with Crippen molar-refractivity contribution in [3.63, 3.8) is 0 Å². The summed E-state index contributed by atoms with van der Waals surface area (Å²) in [5, 5.41) is 9.36. The standard InChI is InChI=1S/C45H40N4/c1-30-23-33-24-31(2)27-45(26-30,28-33)39-20-17-37(18-21-39)43-47-42(36-11-7-4-8-12-36)48-44(49-43)38-19-22-40(35-15-13-32(29-46)14-16-35)41(25-38)34-9-5-3-6-10-34/h3-22,25,30-31,33H,23-24,26-28H2,1-2H3/t30-,31+,33?,45?. The lowest BCUT2D eigenvalue weighted by Crippen LogP contribution is -2.42. The molecule has 49 heavy (non-hydrogen) atoms. The molecule has 1 heterocycles. The smallest absolute Gasteiger partial charge is 0.164 e. The Balaban J connectivity index is 1.22. The van der Waals surface area contributed by atoms with E-state index < -0.39 is 0 Å². The first-order chi connectivity index (χ1) is 24.0. The molecule has 0 N–H and O–H groups in total. The average molecular weight is 637 g/mol. The number of nitriles is 1. The maximum absolute atomic E-state index is 9.36. The molecule has 240 valence electrons. The Hall–Kier alpha value is -5.40.